The van der Waals surface area contributed by atoms with Crippen molar-refractivity contribution in [2.24, 2.45) is 0 Å². The topological polar surface area (TPSA) is 50.1 Å². The van der Waals surface area contributed by atoms with Gasteiger partial charge in [-0.25, -0.2) is 0 Å². The summed E-state index contributed by atoms with van der Waals surface area (Å²) in [5.74, 6) is 0. The maximum absolute atomic E-state index is 9.79. The normalized spacial score (nSPS) is 25.1. The minimum Gasteiger partial charge on any atom is -0.391 e. The first kappa shape index (κ1) is 11.6. The van der Waals surface area contributed by atoms with Crippen LogP contribution < -0.4 is 5.32 Å². The maximum atomic E-state index is 9.79. The van der Waals surface area contributed by atoms with Crippen LogP contribution in [0.25, 0.3) is 0 Å². The van der Waals surface area contributed by atoms with Gasteiger partial charge in [0.1, 0.15) is 0 Å². The van der Waals surface area contributed by atoms with Gasteiger partial charge in [-0.15, -0.1) is 0 Å². The van der Waals surface area contributed by atoms with Gasteiger partial charge in [-0.05, 0) is 32.2 Å². The highest BCUT2D eigenvalue weighted by molar-refractivity contribution is 5.05. The number of hydrogen-bond acceptors (Lipinski definition) is 3. The van der Waals surface area contributed by atoms with Crippen LogP contribution in [0.15, 0.2) is 12.4 Å². The molecule has 1 saturated carbocycles. The van der Waals surface area contributed by atoms with Gasteiger partial charge < -0.3 is 10.4 Å². The Morgan fingerprint density at radius 1 is 1.56 bits per heavy atom. The lowest BCUT2D eigenvalue weighted by atomic mass is 10.2. The first-order chi connectivity index (χ1) is 7.81. The van der Waals surface area contributed by atoms with E-state index in [2.05, 4.69) is 23.5 Å². The number of rotatable bonds is 5. The number of aliphatic hydroxyl groups is 1. The van der Waals surface area contributed by atoms with Gasteiger partial charge in [0.25, 0.3) is 0 Å². The number of nitrogens with one attached hydrogen (secondary N) is 1. The summed E-state index contributed by atoms with van der Waals surface area (Å²) in [6.45, 7) is 4.07. The minimum absolute atomic E-state index is 0.194. The molecule has 0 aliphatic heterocycles. The molecule has 2 unspecified atom stereocenters. The highest BCUT2D eigenvalue weighted by Crippen LogP contribution is 2.29. The molecule has 0 aromatic carbocycles. The molecule has 4 nitrogen and oxygen atoms in total. The summed E-state index contributed by atoms with van der Waals surface area (Å²) in [6, 6.07) is 0.194. The van der Waals surface area contributed by atoms with Crippen molar-refractivity contribution in [2.45, 2.75) is 51.3 Å². The highest BCUT2D eigenvalue weighted by Gasteiger charge is 2.27. The van der Waals surface area contributed by atoms with Crippen molar-refractivity contribution in [2.75, 3.05) is 6.54 Å². The third kappa shape index (κ3) is 2.62. The van der Waals surface area contributed by atoms with Gasteiger partial charge in [-0.3, -0.25) is 4.68 Å². The van der Waals surface area contributed by atoms with Crippen molar-refractivity contribution >= 4 is 0 Å². The summed E-state index contributed by atoms with van der Waals surface area (Å²) in [5.41, 5.74) is 1.20. The van der Waals surface area contributed by atoms with E-state index in [1.165, 1.54) is 5.56 Å². The molecule has 0 saturated heterocycles. The van der Waals surface area contributed by atoms with Crippen molar-refractivity contribution in [3.05, 3.63) is 18.0 Å². The second kappa shape index (κ2) is 5.46. The Bertz CT molecular complexity index is 324. The van der Waals surface area contributed by atoms with Crippen LogP contribution in [-0.4, -0.2) is 27.5 Å². The molecule has 1 aliphatic rings. The van der Waals surface area contributed by atoms with E-state index in [0.29, 0.717) is 0 Å². The maximum Gasteiger partial charge on any atom is 0.0778 e. The van der Waals surface area contributed by atoms with E-state index in [-0.39, 0.29) is 12.1 Å². The lowest BCUT2D eigenvalue weighted by Gasteiger charge is -2.14. The summed E-state index contributed by atoms with van der Waals surface area (Å²) in [7, 11) is 0. The predicted octanol–water partition coefficient (Wildman–Crippen LogP) is 1.47. The Morgan fingerprint density at radius 2 is 2.44 bits per heavy atom. The predicted molar refractivity (Wildman–Crippen MR) is 63.1 cm³/mol. The quantitative estimate of drug-likeness (QED) is 0.743. The summed E-state index contributed by atoms with van der Waals surface area (Å²) < 4.78 is 1.93. The third-order valence-electron chi connectivity index (χ3n) is 3.19. The molecule has 16 heavy (non-hydrogen) atoms. The molecule has 1 fully saturated rings. The van der Waals surface area contributed by atoms with E-state index >= 15 is 0 Å². The van der Waals surface area contributed by atoms with Crippen LogP contribution in [0.1, 0.15) is 44.2 Å². The zero-order valence-electron chi connectivity index (χ0n) is 9.89. The van der Waals surface area contributed by atoms with Crippen molar-refractivity contribution < 1.29 is 5.11 Å². The van der Waals surface area contributed by atoms with Gasteiger partial charge in [0, 0.05) is 18.3 Å². The summed E-state index contributed by atoms with van der Waals surface area (Å²) >= 11 is 0. The molecule has 90 valence electrons. The molecule has 2 atom stereocenters. The zero-order chi connectivity index (χ0) is 11.4. The molecule has 0 spiro atoms. The monoisotopic (exact) mass is 223 g/mol. The van der Waals surface area contributed by atoms with Gasteiger partial charge in [0.15, 0.2) is 0 Å². The first-order valence-electron chi connectivity index (χ1n) is 6.23. The molecule has 1 aliphatic carbocycles. The fraction of sp³-hybridized carbons (Fsp3) is 0.750. The van der Waals surface area contributed by atoms with Crippen LogP contribution in [-0.2, 0) is 6.54 Å². The smallest absolute Gasteiger partial charge is 0.0778 e. The SMILES string of the molecule is CCCNCc1cnn(C2CCCC2O)c1. The van der Waals surface area contributed by atoms with E-state index in [0.717, 1.165) is 38.8 Å². The number of nitrogens with zero attached hydrogens (tertiary/aromatic N) is 2. The first-order valence-corrected chi connectivity index (χ1v) is 6.23. The second-order valence-electron chi connectivity index (χ2n) is 4.57. The van der Waals surface area contributed by atoms with Gasteiger partial charge in [-0.2, -0.15) is 5.10 Å². The molecule has 0 amide bonds. The molecule has 0 radical (unpaired) electrons. The largest absolute Gasteiger partial charge is 0.391 e. The molecule has 1 aromatic rings. The Kier molecular flexibility index (Phi) is 3.96. The molecular weight excluding hydrogens is 202 g/mol. The molecule has 2 N–H and O–H groups in total. The van der Waals surface area contributed by atoms with E-state index in [9.17, 15) is 5.11 Å². The van der Waals surface area contributed by atoms with Crippen molar-refractivity contribution in [1.82, 2.24) is 15.1 Å². The van der Waals surface area contributed by atoms with Crippen molar-refractivity contribution in [3.63, 3.8) is 0 Å². The average molecular weight is 223 g/mol. The molecular formula is C12H21N3O. The van der Waals surface area contributed by atoms with Crippen LogP contribution in [0.4, 0.5) is 0 Å². The fourth-order valence-electron chi connectivity index (χ4n) is 2.29. The van der Waals surface area contributed by atoms with Crippen molar-refractivity contribution in [3.8, 4) is 0 Å². The molecule has 1 heterocycles. The van der Waals surface area contributed by atoms with E-state index < -0.39 is 0 Å². The molecule has 1 aromatic heterocycles. The minimum atomic E-state index is -0.212. The zero-order valence-corrected chi connectivity index (χ0v) is 9.89. The standard InChI is InChI=1S/C12H21N3O/c1-2-6-13-7-10-8-14-15(9-10)11-4-3-5-12(11)16/h8-9,11-13,16H,2-7H2,1H3. The molecule has 4 heteroatoms. The third-order valence-corrected chi connectivity index (χ3v) is 3.19. The summed E-state index contributed by atoms with van der Waals surface area (Å²) in [4.78, 5) is 0. The molecule has 0 bridgehead atoms. The van der Waals surface area contributed by atoms with E-state index in [1.807, 2.05) is 10.9 Å². The van der Waals surface area contributed by atoms with Gasteiger partial charge in [0.05, 0.1) is 18.3 Å². The Balaban J connectivity index is 1.91. The van der Waals surface area contributed by atoms with Crippen LogP contribution >= 0.6 is 0 Å². The van der Waals surface area contributed by atoms with Crippen LogP contribution in [0.2, 0.25) is 0 Å². The Morgan fingerprint density at radius 3 is 3.12 bits per heavy atom. The molecule has 2 rings (SSSR count). The summed E-state index contributed by atoms with van der Waals surface area (Å²) in [5, 5.41) is 17.5. The highest BCUT2D eigenvalue weighted by atomic mass is 16.3. The van der Waals surface area contributed by atoms with Crippen LogP contribution in [0.3, 0.4) is 0 Å². The fourth-order valence-corrected chi connectivity index (χ4v) is 2.29. The number of aromatic nitrogens is 2. The van der Waals surface area contributed by atoms with Crippen LogP contribution in [0.5, 0.6) is 0 Å². The number of hydrogen-bond donors (Lipinski definition) is 2. The lowest BCUT2D eigenvalue weighted by Crippen LogP contribution is -2.18. The summed E-state index contributed by atoms with van der Waals surface area (Å²) in [6.07, 6.45) is 7.95. The van der Waals surface area contributed by atoms with Gasteiger partial charge >= 0.3 is 0 Å². The van der Waals surface area contributed by atoms with E-state index in [1.54, 1.807) is 0 Å². The number of aliphatic hydroxyl groups excluding tert-OH is 1. The van der Waals surface area contributed by atoms with Gasteiger partial charge in [-0.1, -0.05) is 6.92 Å². The lowest BCUT2D eigenvalue weighted by molar-refractivity contribution is 0.130. The van der Waals surface area contributed by atoms with Crippen molar-refractivity contribution in [1.29, 1.82) is 0 Å². The van der Waals surface area contributed by atoms with Crippen LogP contribution in [0, 0.1) is 0 Å². The Hall–Kier alpha value is -0.870. The average Bonchev–Trinajstić information content (AvgIpc) is 2.87. The second-order valence-corrected chi connectivity index (χ2v) is 4.57. The van der Waals surface area contributed by atoms with E-state index in [4.69, 9.17) is 0 Å². The Labute approximate surface area is 96.7 Å². The van der Waals surface area contributed by atoms with Gasteiger partial charge in [0.2, 0.25) is 0 Å².